The molecular weight excluding hydrogens is 198 g/mol. The van der Waals surface area contributed by atoms with Gasteiger partial charge < -0.3 is 10.6 Å². The van der Waals surface area contributed by atoms with Gasteiger partial charge in [-0.25, -0.2) is 0 Å². The van der Waals surface area contributed by atoms with Crippen molar-refractivity contribution in [3.63, 3.8) is 0 Å². The van der Waals surface area contributed by atoms with Crippen LogP contribution < -0.4 is 5.73 Å². The molecule has 0 aromatic carbocycles. The van der Waals surface area contributed by atoms with Gasteiger partial charge >= 0.3 is 0 Å². The fourth-order valence-electron chi connectivity index (χ4n) is 2.81. The van der Waals surface area contributed by atoms with Gasteiger partial charge in [0.1, 0.15) is 0 Å². The van der Waals surface area contributed by atoms with Crippen LogP contribution in [-0.2, 0) is 0 Å². The van der Waals surface area contributed by atoms with Crippen molar-refractivity contribution in [1.29, 1.82) is 0 Å². The van der Waals surface area contributed by atoms with Crippen molar-refractivity contribution < 1.29 is 0 Å². The van der Waals surface area contributed by atoms with E-state index >= 15 is 0 Å². The maximum atomic E-state index is 6.10. The molecule has 3 heteroatoms. The molecule has 0 aromatic rings. The molecule has 0 spiro atoms. The van der Waals surface area contributed by atoms with E-state index in [9.17, 15) is 0 Å². The summed E-state index contributed by atoms with van der Waals surface area (Å²) in [5.74, 6) is 0. The summed E-state index contributed by atoms with van der Waals surface area (Å²) in [5, 5.41) is 0. The highest BCUT2D eigenvalue weighted by molar-refractivity contribution is 4.84. The van der Waals surface area contributed by atoms with Crippen molar-refractivity contribution in [3.8, 4) is 0 Å². The van der Waals surface area contributed by atoms with Gasteiger partial charge in [0.15, 0.2) is 0 Å². The van der Waals surface area contributed by atoms with Crippen LogP contribution in [0.25, 0.3) is 0 Å². The van der Waals surface area contributed by atoms with Gasteiger partial charge in [0.05, 0.1) is 0 Å². The molecule has 1 heterocycles. The van der Waals surface area contributed by atoms with E-state index in [1.807, 2.05) is 0 Å². The topological polar surface area (TPSA) is 32.5 Å². The Labute approximate surface area is 101 Å². The maximum Gasteiger partial charge on any atom is 0.0235 e. The number of rotatable bonds is 7. The van der Waals surface area contributed by atoms with Crippen molar-refractivity contribution in [2.75, 3.05) is 32.7 Å². The number of likely N-dealkylation sites (N-methyl/N-ethyl adjacent to an activating group) is 1. The van der Waals surface area contributed by atoms with E-state index in [1.165, 1.54) is 39.0 Å². The van der Waals surface area contributed by atoms with Crippen molar-refractivity contribution >= 4 is 0 Å². The van der Waals surface area contributed by atoms with E-state index in [2.05, 4.69) is 30.6 Å². The van der Waals surface area contributed by atoms with Gasteiger partial charge in [0.25, 0.3) is 0 Å². The van der Waals surface area contributed by atoms with Crippen LogP contribution >= 0.6 is 0 Å². The molecule has 1 rings (SSSR count). The molecule has 1 fully saturated rings. The first-order valence-corrected chi connectivity index (χ1v) is 6.93. The fraction of sp³-hybridized carbons (Fsp3) is 1.00. The summed E-state index contributed by atoms with van der Waals surface area (Å²) >= 11 is 0. The van der Waals surface area contributed by atoms with Crippen LogP contribution in [0.5, 0.6) is 0 Å². The molecule has 2 atom stereocenters. The van der Waals surface area contributed by atoms with Gasteiger partial charge in [0, 0.05) is 25.2 Å². The summed E-state index contributed by atoms with van der Waals surface area (Å²) < 4.78 is 0. The average molecular weight is 227 g/mol. The summed E-state index contributed by atoms with van der Waals surface area (Å²) in [7, 11) is 0. The summed E-state index contributed by atoms with van der Waals surface area (Å²) in [6, 6.07) is 1.14. The summed E-state index contributed by atoms with van der Waals surface area (Å²) in [5.41, 5.74) is 6.10. The minimum atomic E-state index is 0.375. The number of hydrogen-bond donors (Lipinski definition) is 1. The Morgan fingerprint density at radius 3 is 2.56 bits per heavy atom. The molecule has 0 aromatic heterocycles. The summed E-state index contributed by atoms with van der Waals surface area (Å²) in [6.07, 6.45) is 3.68. The number of likely N-dealkylation sites (tertiary alicyclic amines) is 1. The summed E-state index contributed by atoms with van der Waals surface area (Å²) in [4.78, 5) is 5.12. The van der Waals surface area contributed by atoms with Crippen LogP contribution in [0.3, 0.4) is 0 Å². The van der Waals surface area contributed by atoms with Gasteiger partial charge in [-0.1, -0.05) is 27.2 Å². The molecule has 0 radical (unpaired) electrons. The van der Waals surface area contributed by atoms with Crippen molar-refractivity contribution in [3.05, 3.63) is 0 Å². The van der Waals surface area contributed by atoms with E-state index in [4.69, 9.17) is 5.73 Å². The molecule has 1 aliphatic heterocycles. The van der Waals surface area contributed by atoms with Crippen LogP contribution in [0.15, 0.2) is 0 Å². The molecule has 16 heavy (non-hydrogen) atoms. The predicted octanol–water partition coefficient (Wildman–Crippen LogP) is 1.53. The Hall–Kier alpha value is -0.120. The Balaban J connectivity index is 2.29. The lowest BCUT2D eigenvalue weighted by Crippen LogP contribution is -2.40. The van der Waals surface area contributed by atoms with Crippen LogP contribution in [0.1, 0.15) is 40.0 Å². The van der Waals surface area contributed by atoms with Crippen LogP contribution in [0.2, 0.25) is 0 Å². The van der Waals surface area contributed by atoms with Gasteiger partial charge in [-0.05, 0) is 32.5 Å². The molecule has 2 N–H and O–H groups in total. The molecule has 96 valence electrons. The lowest BCUT2D eigenvalue weighted by molar-refractivity contribution is 0.207. The Kier molecular flexibility index (Phi) is 6.32. The van der Waals surface area contributed by atoms with Crippen LogP contribution in [0.4, 0.5) is 0 Å². The number of hydrogen-bond acceptors (Lipinski definition) is 3. The third kappa shape index (κ3) is 4.04. The summed E-state index contributed by atoms with van der Waals surface area (Å²) in [6.45, 7) is 12.6. The van der Waals surface area contributed by atoms with Crippen molar-refractivity contribution in [1.82, 2.24) is 9.80 Å². The normalized spacial score (nSPS) is 24.2. The van der Waals surface area contributed by atoms with E-state index < -0.39 is 0 Å². The quantitative estimate of drug-likeness (QED) is 0.716. The predicted molar refractivity (Wildman–Crippen MR) is 70.6 cm³/mol. The molecule has 0 bridgehead atoms. The second-order valence-electron chi connectivity index (χ2n) is 4.97. The van der Waals surface area contributed by atoms with Crippen LogP contribution in [-0.4, -0.2) is 54.6 Å². The molecule has 0 saturated carbocycles. The molecular formula is C13H29N3. The highest BCUT2D eigenvalue weighted by atomic mass is 15.3. The number of nitrogens with zero attached hydrogens (tertiary/aromatic N) is 2. The van der Waals surface area contributed by atoms with Crippen molar-refractivity contribution in [2.45, 2.75) is 52.1 Å². The Morgan fingerprint density at radius 2 is 2.00 bits per heavy atom. The van der Waals surface area contributed by atoms with E-state index in [0.717, 1.165) is 19.0 Å². The van der Waals surface area contributed by atoms with Gasteiger partial charge in [-0.3, -0.25) is 4.90 Å². The maximum absolute atomic E-state index is 6.10. The molecule has 2 unspecified atom stereocenters. The third-order valence-corrected chi connectivity index (χ3v) is 3.73. The van der Waals surface area contributed by atoms with E-state index in [1.54, 1.807) is 0 Å². The highest BCUT2D eigenvalue weighted by Gasteiger charge is 2.26. The highest BCUT2D eigenvalue weighted by Crippen LogP contribution is 2.15. The first-order chi connectivity index (χ1) is 7.71. The first-order valence-electron chi connectivity index (χ1n) is 6.93. The SMILES string of the molecule is CCCC(N)CN1CCC(N(CC)CC)C1. The smallest absolute Gasteiger partial charge is 0.0235 e. The lowest BCUT2D eigenvalue weighted by atomic mass is 10.2. The lowest BCUT2D eigenvalue weighted by Gasteiger charge is -2.27. The molecule has 1 aliphatic rings. The minimum Gasteiger partial charge on any atom is -0.327 e. The molecule has 0 amide bonds. The third-order valence-electron chi connectivity index (χ3n) is 3.73. The van der Waals surface area contributed by atoms with Crippen molar-refractivity contribution in [2.24, 2.45) is 5.73 Å². The average Bonchev–Trinajstić information content (AvgIpc) is 2.68. The monoisotopic (exact) mass is 227 g/mol. The molecule has 0 aliphatic carbocycles. The van der Waals surface area contributed by atoms with Gasteiger partial charge in [-0.15, -0.1) is 0 Å². The fourth-order valence-corrected chi connectivity index (χ4v) is 2.81. The molecule has 1 saturated heterocycles. The van der Waals surface area contributed by atoms with E-state index in [-0.39, 0.29) is 0 Å². The minimum absolute atomic E-state index is 0.375. The van der Waals surface area contributed by atoms with E-state index in [0.29, 0.717) is 6.04 Å². The first kappa shape index (κ1) is 13.9. The largest absolute Gasteiger partial charge is 0.327 e. The second-order valence-corrected chi connectivity index (χ2v) is 4.97. The Bertz CT molecular complexity index is 180. The van der Waals surface area contributed by atoms with Crippen LogP contribution in [0, 0.1) is 0 Å². The van der Waals surface area contributed by atoms with Gasteiger partial charge in [-0.2, -0.15) is 0 Å². The zero-order valence-corrected chi connectivity index (χ0v) is 11.3. The zero-order valence-electron chi connectivity index (χ0n) is 11.3. The number of nitrogens with two attached hydrogens (primary N) is 1. The van der Waals surface area contributed by atoms with Gasteiger partial charge in [0.2, 0.25) is 0 Å². The standard InChI is InChI=1S/C13H29N3/c1-4-7-12(14)10-15-9-8-13(11-15)16(5-2)6-3/h12-13H,4-11,14H2,1-3H3. The Morgan fingerprint density at radius 1 is 1.31 bits per heavy atom. The molecule has 3 nitrogen and oxygen atoms in total. The zero-order chi connectivity index (χ0) is 12.0. The second kappa shape index (κ2) is 7.25.